The third kappa shape index (κ3) is 4.32. The van der Waals surface area contributed by atoms with Crippen LogP contribution in [0.1, 0.15) is 40.9 Å². The Morgan fingerprint density at radius 3 is 2.70 bits per heavy atom. The second kappa shape index (κ2) is 8.32. The van der Waals surface area contributed by atoms with Crippen LogP contribution >= 0.6 is 23.2 Å². The van der Waals surface area contributed by atoms with Crippen molar-refractivity contribution in [1.29, 1.82) is 0 Å². The highest BCUT2D eigenvalue weighted by atomic mass is 35.5. The number of rotatable bonds is 6. The summed E-state index contributed by atoms with van der Waals surface area (Å²) in [5.41, 5.74) is 1.60. The molecule has 0 unspecified atom stereocenters. The highest BCUT2D eigenvalue weighted by Gasteiger charge is 2.36. The summed E-state index contributed by atoms with van der Waals surface area (Å²) in [6.07, 6.45) is 0.155. The summed E-state index contributed by atoms with van der Waals surface area (Å²) in [5.74, 6) is -0.467. The van der Waals surface area contributed by atoms with Gasteiger partial charge in [-0.05, 0) is 42.7 Å². The molecule has 1 aliphatic rings. The standard InChI is InChI=1S/C21H18Cl2F2N4O/c1-28-11-16(19(27-28)20(24)25)21(30)29(14-6-7-14)10-12-9-13(22)5-8-15(12)17-3-2-4-18(23)26-17/h2-5,8-9,11,14,20H,6-7,10H2,1H3. The van der Waals surface area contributed by atoms with E-state index < -0.39 is 18.0 Å². The first kappa shape index (κ1) is 20.8. The van der Waals surface area contributed by atoms with Gasteiger partial charge in [0.2, 0.25) is 0 Å². The number of nitrogens with zero attached hydrogens (tertiary/aromatic N) is 4. The van der Waals surface area contributed by atoms with E-state index in [9.17, 15) is 13.6 Å². The highest BCUT2D eigenvalue weighted by molar-refractivity contribution is 6.30. The van der Waals surface area contributed by atoms with Crippen molar-refractivity contribution in [1.82, 2.24) is 19.7 Å². The number of carbonyl (C=O) groups is 1. The smallest absolute Gasteiger partial charge is 0.282 e. The van der Waals surface area contributed by atoms with Gasteiger partial charge in [-0.15, -0.1) is 0 Å². The molecule has 0 bridgehead atoms. The van der Waals surface area contributed by atoms with Crippen molar-refractivity contribution in [3.63, 3.8) is 0 Å². The van der Waals surface area contributed by atoms with Gasteiger partial charge in [-0.1, -0.05) is 35.3 Å². The van der Waals surface area contributed by atoms with Crippen LogP contribution in [0.5, 0.6) is 0 Å². The van der Waals surface area contributed by atoms with Crippen LogP contribution < -0.4 is 0 Å². The average molecular weight is 451 g/mol. The quantitative estimate of drug-likeness (QED) is 0.463. The molecule has 2 heterocycles. The van der Waals surface area contributed by atoms with Gasteiger partial charge in [0.25, 0.3) is 12.3 Å². The molecule has 9 heteroatoms. The predicted octanol–water partition coefficient (Wildman–Crippen LogP) is 5.53. The first-order valence-corrected chi connectivity index (χ1v) is 10.1. The normalized spacial score (nSPS) is 13.7. The van der Waals surface area contributed by atoms with E-state index in [1.165, 1.54) is 17.9 Å². The molecule has 2 aromatic heterocycles. The van der Waals surface area contributed by atoms with Crippen molar-refractivity contribution in [3.8, 4) is 11.3 Å². The molecule has 0 aliphatic heterocycles. The van der Waals surface area contributed by atoms with E-state index in [0.29, 0.717) is 15.9 Å². The van der Waals surface area contributed by atoms with Gasteiger partial charge in [0.05, 0.1) is 11.3 Å². The zero-order valence-electron chi connectivity index (χ0n) is 16.0. The molecule has 0 N–H and O–H groups in total. The summed E-state index contributed by atoms with van der Waals surface area (Å²) in [5, 5.41) is 4.62. The zero-order chi connectivity index (χ0) is 21.4. The van der Waals surface area contributed by atoms with Gasteiger partial charge >= 0.3 is 0 Å². The third-order valence-corrected chi connectivity index (χ3v) is 5.39. The summed E-state index contributed by atoms with van der Waals surface area (Å²) >= 11 is 12.3. The first-order valence-electron chi connectivity index (χ1n) is 9.37. The fourth-order valence-corrected chi connectivity index (χ4v) is 3.78. The van der Waals surface area contributed by atoms with Crippen LogP contribution in [-0.2, 0) is 13.6 Å². The number of halogens is 4. The molecule has 0 radical (unpaired) electrons. The number of hydrogen-bond donors (Lipinski definition) is 0. The SMILES string of the molecule is Cn1cc(C(=O)N(Cc2cc(Cl)ccc2-c2cccc(Cl)n2)C2CC2)c(C(F)F)n1. The van der Waals surface area contributed by atoms with Crippen LogP contribution in [0, 0.1) is 0 Å². The molecular weight excluding hydrogens is 433 g/mol. The maximum Gasteiger partial charge on any atom is 0.282 e. The summed E-state index contributed by atoms with van der Waals surface area (Å²) < 4.78 is 28.0. The Kier molecular flexibility index (Phi) is 5.75. The van der Waals surface area contributed by atoms with Crippen LogP contribution in [0.15, 0.2) is 42.6 Å². The number of carbonyl (C=O) groups excluding carboxylic acids is 1. The van der Waals surface area contributed by atoms with E-state index in [4.69, 9.17) is 23.2 Å². The van der Waals surface area contributed by atoms with Crippen molar-refractivity contribution in [2.75, 3.05) is 0 Å². The maximum absolute atomic E-state index is 13.4. The topological polar surface area (TPSA) is 51.0 Å². The van der Waals surface area contributed by atoms with Crippen LogP contribution in [0.25, 0.3) is 11.3 Å². The van der Waals surface area contributed by atoms with Crippen molar-refractivity contribution in [2.24, 2.45) is 7.05 Å². The number of alkyl halides is 2. The van der Waals surface area contributed by atoms with E-state index in [1.807, 2.05) is 12.1 Å². The zero-order valence-corrected chi connectivity index (χ0v) is 17.5. The van der Waals surface area contributed by atoms with Gasteiger partial charge in [-0.25, -0.2) is 13.8 Å². The molecule has 1 fully saturated rings. The van der Waals surface area contributed by atoms with Gasteiger partial charge in [-0.2, -0.15) is 5.10 Å². The Bertz CT molecular complexity index is 1100. The molecule has 1 saturated carbocycles. The Morgan fingerprint density at radius 2 is 2.03 bits per heavy atom. The summed E-state index contributed by atoms with van der Waals surface area (Å²) in [6, 6.07) is 10.6. The lowest BCUT2D eigenvalue weighted by Gasteiger charge is -2.24. The summed E-state index contributed by atoms with van der Waals surface area (Å²) in [7, 11) is 1.52. The van der Waals surface area contributed by atoms with Crippen LogP contribution in [0.2, 0.25) is 10.2 Å². The molecular formula is C21H18Cl2F2N4O. The minimum Gasteiger partial charge on any atom is -0.331 e. The van der Waals surface area contributed by atoms with Crippen molar-refractivity contribution >= 4 is 29.1 Å². The number of aromatic nitrogens is 3. The minimum absolute atomic E-state index is 0.0117. The molecule has 0 spiro atoms. The van der Waals surface area contributed by atoms with Gasteiger partial charge in [0, 0.05) is 36.4 Å². The lowest BCUT2D eigenvalue weighted by Crippen LogP contribution is -2.33. The molecule has 156 valence electrons. The van der Waals surface area contributed by atoms with Crippen LogP contribution in [0.4, 0.5) is 8.78 Å². The number of aryl methyl sites for hydroxylation is 1. The Morgan fingerprint density at radius 1 is 1.27 bits per heavy atom. The summed E-state index contributed by atoms with van der Waals surface area (Å²) in [4.78, 5) is 19.2. The average Bonchev–Trinajstić information content (AvgIpc) is 3.46. The van der Waals surface area contributed by atoms with Crippen molar-refractivity contribution < 1.29 is 13.6 Å². The number of pyridine rings is 1. The molecule has 30 heavy (non-hydrogen) atoms. The molecule has 0 saturated heterocycles. The number of benzene rings is 1. The first-order chi connectivity index (χ1) is 14.3. The van der Waals surface area contributed by atoms with E-state index in [-0.39, 0.29) is 18.2 Å². The Hall–Kier alpha value is -2.51. The van der Waals surface area contributed by atoms with E-state index in [0.717, 1.165) is 24.0 Å². The number of amides is 1. The Labute approximate surface area is 182 Å². The Balaban J connectivity index is 1.71. The molecule has 4 rings (SSSR count). The van der Waals surface area contributed by atoms with Gasteiger partial charge in [-0.3, -0.25) is 9.48 Å². The number of hydrogen-bond acceptors (Lipinski definition) is 3. The predicted molar refractivity (Wildman–Crippen MR) is 111 cm³/mol. The van der Waals surface area contributed by atoms with E-state index >= 15 is 0 Å². The third-order valence-electron chi connectivity index (χ3n) is 4.94. The lowest BCUT2D eigenvalue weighted by molar-refractivity contribution is 0.0718. The molecule has 1 aliphatic carbocycles. The molecule has 1 aromatic carbocycles. The second-order valence-corrected chi connectivity index (χ2v) is 8.04. The summed E-state index contributed by atoms with van der Waals surface area (Å²) in [6.45, 7) is 0.213. The maximum atomic E-state index is 13.4. The van der Waals surface area contributed by atoms with Crippen LogP contribution in [-0.4, -0.2) is 31.6 Å². The molecule has 0 atom stereocenters. The largest absolute Gasteiger partial charge is 0.331 e. The monoisotopic (exact) mass is 450 g/mol. The fraction of sp³-hybridized carbons (Fsp3) is 0.286. The van der Waals surface area contributed by atoms with Crippen molar-refractivity contribution in [3.05, 3.63) is 69.6 Å². The van der Waals surface area contributed by atoms with E-state index in [1.54, 1.807) is 29.2 Å². The van der Waals surface area contributed by atoms with Gasteiger partial charge in [0.15, 0.2) is 0 Å². The highest BCUT2D eigenvalue weighted by Crippen LogP contribution is 2.34. The second-order valence-electron chi connectivity index (χ2n) is 7.21. The van der Waals surface area contributed by atoms with E-state index in [2.05, 4.69) is 10.1 Å². The molecule has 3 aromatic rings. The lowest BCUT2D eigenvalue weighted by atomic mass is 10.0. The van der Waals surface area contributed by atoms with Gasteiger partial charge < -0.3 is 4.90 Å². The van der Waals surface area contributed by atoms with Crippen LogP contribution in [0.3, 0.4) is 0 Å². The van der Waals surface area contributed by atoms with Gasteiger partial charge in [0.1, 0.15) is 10.8 Å². The molecule has 1 amide bonds. The van der Waals surface area contributed by atoms with Crippen molar-refractivity contribution in [2.45, 2.75) is 31.9 Å². The minimum atomic E-state index is -2.83. The fourth-order valence-electron chi connectivity index (χ4n) is 3.42. The molecule has 5 nitrogen and oxygen atoms in total.